The predicted octanol–water partition coefficient (Wildman–Crippen LogP) is 3.06. The van der Waals surface area contributed by atoms with Crippen LogP contribution in [0, 0.1) is 6.92 Å². The Hall–Kier alpha value is -3.21. The first-order chi connectivity index (χ1) is 11.3. The molecule has 0 aliphatic heterocycles. The van der Waals surface area contributed by atoms with Crippen LogP contribution in [0.2, 0.25) is 0 Å². The lowest BCUT2D eigenvalue weighted by Gasteiger charge is -2.12. The van der Waals surface area contributed by atoms with Gasteiger partial charge in [0, 0.05) is 23.5 Å². The Labute approximate surface area is 132 Å². The van der Waals surface area contributed by atoms with Crippen molar-refractivity contribution in [2.24, 2.45) is 0 Å². The first-order valence-corrected chi connectivity index (χ1v) is 7.31. The normalized spacial score (nSPS) is 11.0. The van der Waals surface area contributed by atoms with Gasteiger partial charge in [0.05, 0.1) is 17.1 Å². The number of nitrogens with one attached hydrogen (secondary N) is 1. The summed E-state index contributed by atoms with van der Waals surface area (Å²) < 4.78 is 1.86. The maximum Gasteiger partial charge on any atom is 0.274 e. The average molecular weight is 302 g/mol. The maximum atomic E-state index is 12.5. The zero-order valence-electron chi connectivity index (χ0n) is 12.5. The van der Waals surface area contributed by atoms with Gasteiger partial charge in [0.1, 0.15) is 11.8 Å². The highest BCUT2D eigenvalue weighted by molar-refractivity contribution is 5.80. The van der Waals surface area contributed by atoms with Crippen LogP contribution in [-0.2, 0) is 0 Å². The summed E-state index contributed by atoms with van der Waals surface area (Å²) in [5.74, 6) is 0. The second-order valence-corrected chi connectivity index (χ2v) is 5.33. The van der Waals surface area contributed by atoms with E-state index in [9.17, 15) is 4.79 Å². The number of imidazole rings is 1. The first kappa shape index (κ1) is 13.5. The van der Waals surface area contributed by atoms with Crippen LogP contribution in [0.5, 0.6) is 0 Å². The second-order valence-electron chi connectivity index (χ2n) is 5.33. The summed E-state index contributed by atoms with van der Waals surface area (Å²) in [6.45, 7) is 1.84. The number of aromatic nitrogens is 4. The van der Waals surface area contributed by atoms with Gasteiger partial charge in [-0.2, -0.15) is 0 Å². The lowest BCUT2D eigenvalue weighted by atomic mass is 10.0. The molecule has 0 fully saturated rings. The van der Waals surface area contributed by atoms with Gasteiger partial charge < -0.3 is 4.98 Å². The van der Waals surface area contributed by atoms with Crippen molar-refractivity contribution >= 4 is 5.52 Å². The fraction of sp³-hybridized carbons (Fsp3) is 0.0556. The molecule has 5 heteroatoms. The number of pyridine rings is 1. The number of hydrogen-bond acceptors (Lipinski definition) is 3. The van der Waals surface area contributed by atoms with Gasteiger partial charge in [0.25, 0.3) is 5.56 Å². The molecule has 0 atom stereocenters. The molecule has 112 valence electrons. The van der Waals surface area contributed by atoms with E-state index in [4.69, 9.17) is 0 Å². The SMILES string of the molecule is Cc1ncn2c(-c3ccccc3)c(-c3ccncc3)[nH]c(=O)c12. The maximum absolute atomic E-state index is 12.5. The highest BCUT2D eigenvalue weighted by Crippen LogP contribution is 2.30. The van der Waals surface area contributed by atoms with Crippen LogP contribution in [0.15, 0.2) is 66.0 Å². The van der Waals surface area contributed by atoms with Crippen LogP contribution >= 0.6 is 0 Å². The number of aryl methyl sites for hydroxylation is 1. The van der Waals surface area contributed by atoms with Crippen molar-refractivity contribution in [3.63, 3.8) is 0 Å². The number of H-pyrrole nitrogens is 1. The smallest absolute Gasteiger partial charge is 0.274 e. The van der Waals surface area contributed by atoms with Gasteiger partial charge in [-0.1, -0.05) is 30.3 Å². The molecule has 4 aromatic rings. The van der Waals surface area contributed by atoms with Crippen LogP contribution in [0.1, 0.15) is 5.69 Å². The topological polar surface area (TPSA) is 63.1 Å². The molecule has 1 N–H and O–H groups in total. The summed E-state index contributed by atoms with van der Waals surface area (Å²) in [6.07, 6.45) is 5.13. The van der Waals surface area contributed by atoms with Crippen LogP contribution in [-0.4, -0.2) is 19.4 Å². The summed E-state index contributed by atoms with van der Waals surface area (Å²) >= 11 is 0. The van der Waals surface area contributed by atoms with E-state index in [0.29, 0.717) is 11.2 Å². The molecule has 0 spiro atoms. The summed E-state index contributed by atoms with van der Waals surface area (Å²) in [5, 5.41) is 0. The molecule has 1 aromatic carbocycles. The van der Waals surface area contributed by atoms with Gasteiger partial charge in [0.15, 0.2) is 0 Å². The second kappa shape index (κ2) is 5.21. The summed E-state index contributed by atoms with van der Waals surface area (Å²) in [7, 11) is 0. The fourth-order valence-electron chi connectivity index (χ4n) is 2.84. The molecule has 5 nitrogen and oxygen atoms in total. The molecule has 4 rings (SSSR count). The van der Waals surface area contributed by atoms with Crippen LogP contribution < -0.4 is 5.56 Å². The van der Waals surface area contributed by atoms with Crippen molar-refractivity contribution in [3.05, 3.63) is 77.2 Å². The predicted molar refractivity (Wildman–Crippen MR) is 89.2 cm³/mol. The van der Waals surface area contributed by atoms with E-state index >= 15 is 0 Å². The van der Waals surface area contributed by atoms with Crippen molar-refractivity contribution < 1.29 is 0 Å². The standard InChI is InChI=1S/C18H14N4O/c1-12-16-18(23)21-15(13-7-9-19-10-8-13)17(22(16)11-20-12)14-5-3-2-4-6-14/h2-11H,1H3,(H,21,23). The lowest BCUT2D eigenvalue weighted by molar-refractivity contribution is 1.10. The minimum Gasteiger partial charge on any atom is -0.318 e. The lowest BCUT2D eigenvalue weighted by Crippen LogP contribution is -2.13. The Balaban J connectivity index is 2.16. The molecule has 0 unspecified atom stereocenters. The van der Waals surface area contributed by atoms with Crippen LogP contribution in [0.25, 0.3) is 28.0 Å². The molecule has 0 aliphatic carbocycles. The quantitative estimate of drug-likeness (QED) is 0.619. The van der Waals surface area contributed by atoms with Crippen molar-refractivity contribution in [2.75, 3.05) is 0 Å². The number of benzene rings is 1. The molecule has 23 heavy (non-hydrogen) atoms. The molecule has 0 saturated carbocycles. The van der Waals surface area contributed by atoms with Gasteiger partial charge >= 0.3 is 0 Å². The monoisotopic (exact) mass is 302 g/mol. The Morgan fingerprint density at radius 1 is 1.00 bits per heavy atom. The van der Waals surface area contributed by atoms with Gasteiger partial charge in [-0.25, -0.2) is 4.98 Å². The molecular weight excluding hydrogens is 288 g/mol. The van der Waals surface area contributed by atoms with Crippen molar-refractivity contribution in [1.82, 2.24) is 19.4 Å². The van der Waals surface area contributed by atoms with Gasteiger partial charge in [-0.05, 0) is 19.1 Å². The van der Waals surface area contributed by atoms with Crippen LogP contribution in [0.3, 0.4) is 0 Å². The minimum atomic E-state index is -0.147. The largest absolute Gasteiger partial charge is 0.318 e. The highest BCUT2D eigenvalue weighted by Gasteiger charge is 2.16. The van der Waals surface area contributed by atoms with E-state index in [1.54, 1.807) is 18.7 Å². The van der Waals surface area contributed by atoms with Gasteiger partial charge in [0.2, 0.25) is 0 Å². The summed E-state index contributed by atoms with van der Waals surface area (Å²) in [6, 6.07) is 13.7. The Bertz CT molecular complexity index is 1030. The van der Waals surface area contributed by atoms with E-state index in [0.717, 1.165) is 22.5 Å². The van der Waals surface area contributed by atoms with E-state index in [1.165, 1.54) is 0 Å². The number of hydrogen-bond donors (Lipinski definition) is 1. The summed E-state index contributed by atoms with van der Waals surface area (Å²) in [5.41, 5.74) is 4.72. The molecule has 0 aliphatic rings. The van der Waals surface area contributed by atoms with E-state index in [1.807, 2.05) is 53.8 Å². The zero-order chi connectivity index (χ0) is 15.8. The Morgan fingerprint density at radius 3 is 2.48 bits per heavy atom. The highest BCUT2D eigenvalue weighted by atomic mass is 16.1. The molecule has 0 saturated heterocycles. The van der Waals surface area contributed by atoms with Gasteiger partial charge in [-0.15, -0.1) is 0 Å². The van der Waals surface area contributed by atoms with E-state index < -0.39 is 0 Å². The molecule has 0 bridgehead atoms. The van der Waals surface area contributed by atoms with Gasteiger partial charge in [-0.3, -0.25) is 14.2 Å². The third-order valence-corrected chi connectivity index (χ3v) is 3.90. The Kier molecular flexibility index (Phi) is 3.05. The Morgan fingerprint density at radius 2 is 1.74 bits per heavy atom. The van der Waals surface area contributed by atoms with E-state index in [-0.39, 0.29) is 5.56 Å². The number of aromatic amines is 1. The van der Waals surface area contributed by atoms with Crippen molar-refractivity contribution in [1.29, 1.82) is 0 Å². The number of nitrogens with zero attached hydrogens (tertiary/aromatic N) is 3. The molecule has 3 aromatic heterocycles. The van der Waals surface area contributed by atoms with E-state index in [2.05, 4.69) is 15.0 Å². The van der Waals surface area contributed by atoms with Crippen molar-refractivity contribution in [3.8, 4) is 22.5 Å². The molecule has 3 heterocycles. The van der Waals surface area contributed by atoms with Crippen molar-refractivity contribution in [2.45, 2.75) is 6.92 Å². The summed E-state index contributed by atoms with van der Waals surface area (Å²) in [4.78, 5) is 23.9. The number of rotatable bonds is 2. The molecular formula is C18H14N4O. The third-order valence-electron chi connectivity index (χ3n) is 3.90. The first-order valence-electron chi connectivity index (χ1n) is 7.31. The van der Waals surface area contributed by atoms with Crippen LogP contribution in [0.4, 0.5) is 0 Å². The minimum absolute atomic E-state index is 0.147. The molecule has 0 amide bonds. The number of fused-ring (bicyclic) bond motifs is 1. The third kappa shape index (κ3) is 2.14. The zero-order valence-corrected chi connectivity index (χ0v) is 12.5. The average Bonchev–Trinajstić information content (AvgIpc) is 2.99. The fourth-order valence-corrected chi connectivity index (χ4v) is 2.84. The molecule has 0 radical (unpaired) electrons.